The van der Waals surface area contributed by atoms with Crippen molar-refractivity contribution in [3.8, 4) is 5.75 Å². The summed E-state index contributed by atoms with van der Waals surface area (Å²) in [6.07, 6.45) is 0.226. The molecule has 1 aromatic heterocycles. The molecular formula is C33H34F3N5O2. The number of pyridine rings is 1. The lowest BCUT2D eigenvalue weighted by atomic mass is 9.83. The zero-order valence-electron chi connectivity index (χ0n) is 24.0. The maximum atomic E-state index is 14.5. The number of anilines is 1. The molecule has 1 fully saturated rings. The van der Waals surface area contributed by atoms with Crippen LogP contribution in [0.5, 0.6) is 5.75 Å². The van der Waals surface area contributed by atoms with Crippen LogP contribution < -0.4 is 20.7 Å². The molecule has 2 unspecified atom stereocenters. The maximum Gasteiger partial charge on any atom is 0.396 e. The molecule has 3 N–H and O–H groups in total. The van der Waals surface area contributed by atoms with Gasteiger partial charge in [-0.2, -0.15) is 13.2 Å². The second kappa shape index (κ2) is 12.7. The Bertz CT molecular complexity index is 1460. The molecule has 0 bridgehead atoms. The van der Waals surface area contributed by atoms with E-state index in [1.807, 2.05) is 91.5 Å². The van der Waals surface area contributed by atoms with Gasteiger partial charge in [0.05, 0.1) is 18.2 Å². The van der Waals surface area contributed by atoms with Gasteiger partial charge in [-0.3, -0.25) is 9.79 Å². The molecular weight excluding hydrogens is 555 g/mol. The molecule has 3 aromatic rings. The van der Waals surface area contributed by atoms with E-state index in [1.165, 1.54) is 0 Å². The first-order chi connectivity index (χ1) is 20.6. The third kappa shape index (κ3) is 7.07. The van der Waals surface area contributed by atoms with E-state index in [2.05, 4.69) is 10.3 Å². The number of piperidine rings is 1. The van der Waals surface area contributed by atoms with Gasteiger partial charge in [-0.25, -0.2) is 4.98 Å². The summed E-state index contributed by atoms with van der Waals surface area (Å²) in [7, 11) is 0. The Balaban J connectivity index is 1.52. The van der Waals surface area contributed by atoms with Crippen molar-refractivity contribution < 1.29 is 22.7 Å². The Hall–Kier alpha value is -4.60. The monoisotopic (exact) mass is 589 g/mol. The zero-order chi connectivity index (χ0) is 30.6. The maximum absolute atomic E-state index is 14.5. The minimum atomic E-state index is -4.69. The quantitative estimate of drug-likeness (QED) is 0.337. The lowest BCUT2D eigenvalue weighted by Gasteiger charge is -2.34. The summed E-state index contributed by atoms with van der Waals surface area (Å²) in [5.74, 6) is -2.13. The Morgan fingerprint density at radius 3 is 2.21 bits per heavy atom. The average molecular weight is 590 g/mol. The summed E-state index contributed by atoms with van der Waals surface area (Å²) in [6, 6.07) is 21.5. The lowest BCUT2D eigenvalue weighted by molar-refractivity contribution is -0.169. The number of alkyl halides is 3. The highest BCUT2D eigenvalue weighted by Gasteiger charge is 2.49. The van der Waals surface area contributed by atoms with Crippen molar-refractivity contribution in [3.63, 3.8) is 0 Å². The van der Waals surface area contributed by atoms with Gasteiger partial charge >= 0.3 is 6.18 Å². The highest BCUT2D eigenvalue weighted by molar-refractivity contribution is 6.11. The largest absolute Gasteiger partial charge is 0.489 e. The van der Waals surface area contributed by atoms with Gasteiger partial charge in [0.25, 0.3) is 0 Å². The molecule has 5 rings (SSSR count). The van der Waals surface area contributed by atoms with Crippen molar-refractivity contribution in [3.05, 3.63) is 114 Å². The molecule has 7 nitrogen and oxygen atoms in total. The fourth-order valence-corrected chi connectivity index (χ4v) is 5.35. The zero-order valence-corrected chi connectivity index (χ0v) is 24.0. The van der Waals surface area contributed by atoms with Crippen molar-refractivity contribution in [2.75, 3.05) is 11.4 Å². The number of halogens is 3. The average Bonchev–Trinajstić information content (AvgIpc) is 3.00. The van der Waals surface area contributed by atoms with Crippen molar-refractivity contribution in [1.29, 1.82) is 0 Å². The Morgan fingerprint density at radius 1 is 1.05 bits per heavy atom. The van der Waals surface area contributed by atoms with Gasteiger partial charge in [0.15, 0.2) is 0 Å². The van der Waals surface area contributed by atoms with Crippen LogP contribution in [0.3, 0.4) is 0 Å². The number of aliphatic imine (C=N–C) groups is 1. The van der Waals surface area contributed by atoms with Crippen LogP contribution in [0.4, 0.5) is 19.0 Å². The summed E-state index contributed by atoms with van der Waals surface area (Å²) in [5, 5.41) is 2.63. The number of carbonyl (C=O) groups is 1. The summed E-state index contributed by atoms with van der Waals surface area (Å²) in [4.78, 5) is 23.8. The van der Waals surface area contributed by atoms with E-state index in [1.54, 1.807) is 18.5 Å². The number of nitrogens with one attached hydrogen (secondary N) is 1. The van der Waals surface area contributed by atoms with Crippen molar-refractivity contribution >= 4 is 17.6 Å². The van der Waals surface area contributed by atoms with E-state index >= 15 is 0 Å². The SMILES string of the molecule is CC(C)Oc1ccc(N2C=CC(C(N)=C3C(=NC(c4ccccc4)c4ccccc4)NC(=O)CC3C(F)(F)F)CC2)nc1. The Kier molecular flexibility index (Phi) is 8.84. The first-order valence-electron chi connectivity index (χ1n) is 14.2. The number of amides is 1. The van der Waals surface area contributed by atoms with Crippen LogP contribution in [0, 0.1) is 11.8 Å². The van der Waals surface area contributed by atoms with Gasteiger partial charge in [-0.05, 0) is 43.5 Å². The minimum absolute atomic E-state index is 0.0218. The van der Waals surface area contributed by atoms with Crippen LogP contribution >= 0.6 is 0 Å². The summed E-state index contributed by atoms with van der Waals surface area (Å²) >= 11 is 0. The number of hydrogen-bond donors (Lipinski definition) is 2. The molecule has 1 amide bonds. The molecule has 2 aliphatic rings. The van der Waals surface area contributed by atoms with Crippen LogP contribution in [0.25, 0.3) is 0 Å². The third-order valence-electron chi connectivity index (χ3n) is 7.41. The number of ether oxygens (including phenoxy) is 1. The van der Waals surface area contributed by atoms with Crippen LogP contribution in [-0.2, 0) is 4.79 Å². The topological polar surface area (TPSA) is 92.8 Å². The summed E-state index contributed by atoms with van der Waals surface area (Å²) in [6.45, 7) is 4.35. The van der Waals surface area contributed by atoms with Crippen LogP contribution in [0.1, 0.15) is 43.9 Å². The molecule has 224 valence electrons. The number of benzene rings is 2. The lowest BCUT2D eigenvalue weighted by Crippen LogP contribution is -2.47. The molecule has 2 atom stereocenters. The number of aromatic nitrogens is 1. The second-order valence-corrected chi connectivity index (χ2v) is 10.9. The predicted molar refractivity (Wildman–Crippen MR) is 160 cm³/mol. The van der Waals surface area contributed by atoms with E-state index in [0.717, 1.165) is 11.1 Å². The van der Waals surface area contributed by atoms with Gasteiger partial charge in [-0.1, -0.05) is 66.7 Å². The van der Waals surface area contributed by atoms with Crippen molar-refractivity contribution in [2.24, 2.45) is 22.6 Å². The van der Waals surface area contributed by atoms with Crippen LogP contribution in [0.2, 0.25) is 0 Å². The fraction of sp³-hybridized carbons (Fsp3) is 0.303. The van der Waals surface area contributed by atoms with E-state index in [9.17, 15) is 18.0 Å². The predicted octanol–water partition coefficient (Wildman–Crippen LogP) is 6.31. The van der Waals surface area contributed by atoms with E-state index in [0.29, 0.717) is 24.5 Å². The van der Waals surface area contributed by atoms with Crippen LogP contribution in [0.15, 0.2) is 108 Å². The number of rotatable bonds is 7. The van der Waals surface area contributed by atoms with Gasteiger partial charge in [0, 0.05) is 36.4 Å². The Morgan fingerprint density at radius 2 is 1.70 bits per heavy atom. The number of nitrogens with zero attached hydrogens (tertiary/aromatic N) is 3. The molecule has 43 heavy (non-hydrogen) atoms. The van der Waals surface area contributed by atoms with Crippen molar-refractivity contribution in [2.45, 2.75) is 45.0 Å². The Labute approximate surface area is 249 Å². The molecule has 10 heteroatoms. The second-order valence-electron chi connectivity index (χ2n) is 10.9. The number of hydrogen-bond acceptors (Lipinski definition) is 6. The molecule has 3 heterocycles. The number of carbonyl (C=O) groups excluding carboxylic acids is 1. The number of nitrogens with two attached hydrogens (primary N) is 1. The number of amidine groups is 1. The highest BCUT2D eigenvalue weighted by Crippen LogP contribution is 2.40. The number of allylic oxidation sites excluding steroid dienone is 1. The van der Waals surface area contributed by atoms with Crippen LogP contribution in [-0.4, -0.2) is 35.6 Å². The molecule has 0 radical (unpaired) electrons. The highest BCUT2D eigenvalue weighted by atomic mass is 19.4. The first-order valence-corrected chi connectivity index (χ1v) is 14.2. The third-order valence-corrected chi connectivity index (χ3v) is 7.41. The molecule has 2 aromatic carbocycles. The van der Waals surface area contributed by atoms with Gasteiger partial charge in [0.1, 0.15) is 23.4 Å². The molecule has 2 aliphatic heterocycles. The summed E-state index contributed by atoms with van der Waals surface area (Å²) in [5.41, 5.74) is 8.00. The summed E-state index contributed by atoms with van der Waals surface area (Å²) < 4.78 is 49.1. The molecule has 0 aliphatic carbocycles. The fourth-order valence-electron chi connectivity index (χ4n) is 5.35. The van der Waals surface area contributed by atoms with E-state index in [4.69, 9.17) is 15.5 Å². The minimum Gasteiger partial charge on any atom is -0.489 e. The molecule has 0 saturated carbocycles. The van der Waals surface area contributed by atoms with E-state index < -0.39 is 36.4 Å². The smallest absolute Gasteiger partial charge is 0.396 e. The van der Waals surface area contributed by atoms with E-state index in [-0.39, 0.29) is 23.2 Å². The molecule has 1 saturated heterocycles. The molecule has 0 spiro atoms. The van der Waals surface area contributed by atoms with Gasteiger partial charge in [0.2, 0.25) is 5.91 Å². The van der Waals surface area contributed by atoms with Gasteiger partial charge < -0.3 is 20.7 Å². The standard InChI is InChI=1S/C33H34F3N5O2/c1-21(2)43-25-13-14-27(38-20-25)41-17-15-22(16-18-41)30(37)29-26(33(34,35)36)19-28(42)39-32(29)40-31(23-9-5-3-6-10-23)24-11-7-4-8-12-24/h3-15,17,20-22,26,31H,16,18-19,37H2,1-2H3,(H,39,40,42). The van der Waals surface area contributed by atoms with Crippen molar-refractivity contribution in [1.82, 2.24) is 10.3 Å². The van der Waals surface area contributed by atoms with Gasteiger partial charge in [-0.15, -0.1) is 0 Å². The normalized spacial score (nSPS) is 21.3. The first kappa shape index (κ1) is 29.9.